The fraction of sp³-hybridized carbons (Fsp3) is 0.0612. The third kappa shape index (κ3) is 4.24. The normalized spacial score (nSPS) is 13.2. The summed E-state index contributed by atoms with van der Waals surface area (Å²) < 4.78 is 4.78. The van der Waals surface area contributed by atoms with Gasteiger partial charge in [-0.3, -0.25) is 4.57 Å². The molecule has 0 saturated carbocycles. The Kier molecular flexibility index (Phi) is 6.27. The van der Waals surface area contributed by atoms with Crippen molar-refractivity contribution >= 4 is 43.6 Å². The maximum Gasteiger partial charge on any atom is 0.235 e. The van der Waals surface area contributed by atoms with E-state index in [4.69, 9.17) is 9.97 Å². The highest BCUT2D eigenvalue weighted by atomic mass is 15.2. The van der Waals surface area contributed by atoms with E-state index in [1.807, 2.05) is 0 Å². The summed E-state index contributed by atoms with van der Waals surface area (Å²) >= 11 is 0. The predicted octanol–water partition coefficient (Wildman–Crippen LogP) is 12.3. The van der Waals surface area contributed by atoms with E-state index >= 15 is 0 Å². The van der Waals surface area contributed by atoms with Crippen LogP contribution in [0.3, 0.4) is 0 Å². The molecule has 0 atom stereocenters. The maximum atomic E-state index is 5.41. The van der Waals surface area contributed by atoms with Gasteiger partial charge < -0.3 is 4.57 Å². The summed E-state index contributed by atoms with van der Waals surface area (Å²) in [6, 6.07) is 60.8. The summed E-state index contributed by atoms with van der Waals surface area (Å²) in [6.45, 7) is 4.77. The summed E-state index contributed by atoms with van der Waals surface area (Å²) in [4.78, 5) is 10.7. The summed E-state index contributed by atoms with van der Waals surface area (Å²) in [7, 11) is 0. The van der Waals surface area contributed by atoms with Gasteiger partial charge >= 0.3 is 0 Å². The van der Waals surface area contributed by atoms with Gasteiger partial charge in [-0.25, -0.2) is 9.97 Å². The molecule has 53 heavy (non-hydrogen) atoms. The van der Waals surface area contributed by atoms with Crippen LogP contribution in [0, 0.1) is 0 Å². The van der Waals surface area contributed by atoms with Gasteiger partial charge in [0.2, 0.25) is 5.95 Å². The van der Waals surface area contributed by atoms with E-state index in [-0.39, 0.29) is 5.41 Å². The first kappa shape index (κ1) is 29.9. The van der Waals surface area contributed by atoms with E-state index in [1.165, 1.54) is 55.2 Å². The average molecular weight is 679 g/mol. The number of fused-ring (bicyclic) bond motifs is 10. The molecule has 0 aliphatic heterocycles. The topological polar surface area (TPSA) is 35.6 Å². The molecule has 4 heteroatoms. The van der Waals surface area contributed by atoms with Crippen LogP contribution in [0.5, 0.6) is 0 Å². The standard InChI is InChI=1S/C49H34N4/c1-49(2)38-24-14-12-22-35(38)47-45(49)44-42(52(47)34-20-10-5-11-21-34)29-28-41-43(44)37-30-33(31-16-6-3-7-17-31)26-27-40(37)53(41)48-50-39-25-15-13-23-36(39)46(51-48)32-18-8-4-9-19-32/h3-30H,1-2H3. The zero-order chi connectivity index (χ0) is 35.3. The van der Waals surface area contributed by atoms with E-state index < -0.39 is 0 Å². The Morgan fingerprint density at radius 3 is 1.87 bits per heavy atom. The van der Waals surface area contributed by atoms with Crippen LogP contribution in [-0.4, -0.2) is 19.1 Å². The Hall–Kier alpha value is -6.78. The molecule has 0 bridgehead atoms. The van der Waals surface area contributed by atoms with Crippen molar-refractivity contribution in [2.24, 2.45) is 0 Å². The number of nitrogens with zero attached hydrogens (tertiary/aromatic N) is 4. The SMILES string of the molecule is CC1(C)c2ccccc2-c2c1c1c3c4cc(-c5ccccc5)ccc4n(-c4nc(-c5ccccc5)c5ccccc5n4)c3ccc1n2-c1ccccc1. The maximum absolute atomic E-state index is 5.41. The highest BCUT2D eigenvalue weighted by Crippen LogP contribution is 2.56. The van der Waals surface area contributed by atoms with Crippen molar-refractivity contribution in [3.8, 4) is 45.3 Å². The fourth-order valence-corrected chi connectivity index (χ4v) is 8.97. The van der Waals surface area contributed by atoms with Gasteiger partial charge in [-0.15, -0.1) is 0 Å². The lowest BCUT2D eigenvalue weighted by Crippen LogP contribution is -2.14. The molecule has 0 amide bonds. The molecule has 11 rings (SSSR count). The highest BCUT2D eigenvalue weighted by molar-refractivity contribution is 6.24. The second kappa shape index (κ2) is 11.1. The molecule has 250 valence electrons. The van der Waals surface area contributed by atoms with Crippen molar-refractivity contribution in [1.29, 1.82) is 0 Å². The molecule has 3 heterocycles. The molecule has 0 radical (unpaired) electrons. The molecular formula is C49H34N4. The molecule has 3 aromatic heterocycles. The van der Waals surface area contributed by atoms with Crippen molar-refractivity contribution in [3.05, 3.63) is 181 Å². The second-order valence-electron chi connectivity index (χ2n) is 14.6. The van der Waals surface area contributed by atoms with Crippen molar-refractivity contribution in [2.45, 2.75) is 19.3 Å². The third-order valence-corrected chi connectivity index (χ3v) is 11.3. The van der Waals surface area contributed by atoms with Crippen LogP contribution < -0.4 is 0 Å². The van der Waals surface area contributed by atoms with Crippen LogP contribution in [-0.2, 0) is 5.41 Å². The lowest BCUT2D eigenvalue weighted by atomic mass is 9.81. The van der Waals surface area contributed by atoms with Gasteiger partial charge in [0.1, 0.15) is 0 Å². The van der Waals surface area contributed by atoms with Crippen LogP contribution in [0.25, 0.3) is 88.9 Å². The van der Waals surface area contributed by atoms with Crippen LogP contribution >= 0.6 is 0 Å². The van der Waals surface area contributed by atoms with Crippen LogP contribution in [0.4, 0.5) is 0 Å². The minimum absolute atomic E-state index is 0.232. The smallest absolute Gasteiger partial charge is 0.235 e. The van der Waals surface area contributed by atoms with Crippen molar-refractivity contribution in [3.63, 3.8) is 0 Å². The Bertz CT molecular complexity index is 3060. The molecule has 1 aliphatic carbocycles. The number of hydrogen-bond acceptors (Lipinski definition) is 2. The second-order valence-corrected chi connectivity index (χ2v) is 14.6. The van der Waals surface area contributed by atoms with Crippen LogP contribution in [0.1, 0.15) is 25.0 Å². The average Bonchev–Trinajstić information content (AvgIpc) is 3.82. The van der Waals surface area contributed by atoms with E-state index in [9.17, 15) is 0 Å². The van der Waals surface area contributed by atoms with Crippen LogP contribution in [0.15, 0.2) is 170 Å². The Labute approximate surface area is 307 Å². The lowest BCUT2D eigenvalue weighted by molar-refractivity contribution is 0.666. The monoisotopic (exact) mass is 678 g/mol. The predicted molar refractivity (Wildman–Crippen MR) is 219 cm³/mol. The summed E-state index contributed by atoms with van der Waals surface area (Å²) in [5.41, 5.74) is 14.9. The van der Waals surface area contributed by atoms with Crippen LogP contribution in [0.2, 0.25) is 0 Å². The van der Waals surface area contributed by atoms with E-state index in [2.05, 4.69) is 193 Å². The van der Waals surface area contributed by atoms with E-state index in [0.29, 0.717) is 5.95 Å². The Balaban J connectivity index is 1.33. The highest BCUT2D eigenvalue weighted by Gasteiger charge is 2.41. The van der Waals surface area contributed by atoms with Gasteiger partial charge in [0.25, 0.3) is 0 Å². The molecule has 7 aromatic carbocycles. The molecule has 1 aliphatic rings. The molecule has 0 spiro atoms. The molecular weight excluding hydrogens is 645 g/mol. The number of para-hydroxylation sites is 2. The molecule has 0 saturated heterocycles. The molecule has 0 N–H and O–H groups in total. The van der Waals surface area contributed by atoms with Crippen molar-refractivity contribution < 1.29 is 0 Å². The van der Waals surface area contributed by atoms with Crippen molar-refractivity contribution in [1.82, 2.24) is 19.1 Å². The molecule has 4 nitrogen and oxygen atoms in total. The summed E-state index contributed by atoms with van der Waals surface area (Å²) in [6.07, 6.45) is 0. The van der Waals surface area contributed by atoms with E-state index in [0.717, 1.165) is 38.9 Å². The van der Waals surface area contributed by atoms with Gasteiger partial charge in [-0.1, -0.05) is 141 Å². The summed E-state index contributed by atoms with van der Waals surface area (Å²) in [5.74, 6) is 0.663. The number of rotatable bonds is 4. The Morgan fingerprint density at radius 1 is 0.472 bits per heavy atom. The fourth-order valence-electron chi connectivity index (χ4n) is 8.97. The lowest BCUT2D eigenvalue weighted by Gasteiger charge is -2.21. The van der Waals surface area contributed by atoms with Crippen molar-refractivity contribution in [2.75, 3.05) is 0 Å². The zero-order valence-electron chi connectivity index (χ0n) is 29.5. The number of hydrogen-bond donors (Lipinski definition) is 0. The van der Waals surface area contributed by atoms with Gasteiger partial charge in [-0.05, 0) is 64.7 Å². The van der Waals surface area contributed by atoms with Gasteiger partial charge in [-0.2, -0.15) is 0 Å². The van der Waals surface area contributed by atoms with Gasteiger partial charge in [0, 0.05) is 43.8 Å². The zero-order valence-corrected chi connectivity index (χ0v) is 29.5. The number of benzene rings is 7. The first-order valence-corrected chi connectivity index (χ1v) is 18.3. The van der Waals surface area contributed by atoms with Gasteiger partial charge in [0.15, 0.2) is 0 Å². The first-order chi connectivity index (χ1) is 26.1. The summed E-state index contributed by atoms with van der Waals surface area (Å²) in [5, 5.41) is 4.72. The molecule has 0 unspecified atom stereocenters. The van der Waals surface area contributed by atoms with Gasteiger partial charge in [0.05, 0.1) is 33.5 Å². The number of aromatic nitrogens is 4. The van der Waals surface area contributed by atoms with E-state index in [1.54, 1.807) is 0 Å². The first-order valence-electron chi connectivity index (χ1n) is 18.3. The Morgan fingerprint density at radius 2 is 1.09 bits per heavy atom. The largest absolute Gasteiger partial charge is 0.309 e. The minimum atomic E-state index is -0.232. The third-order valence-electron chi connectivity index (χ3n) is 11.3. The quantitative estimate of drug-likeness (QED) is 0.186. The minimum Gasteiger partial charge on any atom is -0.309 e. The molecule has 0 fully saturated rings. The molecule has 10 aromatic rings.